The number of aryl methyl sites for hydroxylation is 2. The van der Waals surface area contributed by atoms with Gasteiger partial charge >= 0.3 is 0 Å². The van der Waals surface area contributed by atoms with Crippen LogP contribution in [0.1, 0.15) is 39.7 Å². The number of hydrogen-bond donors (Lipinski definition) is 2. The second-order valence-electron chi connectivity index (χ2n) is 10.4. The first kappa shape index (κ1) is 27.1. The zero-order valence-electron chi connectivity index (χ0n) is 22.1. The van der Waals surface area contributed by atoms with Gasteiger partial charge in [0.2, 0.25) is 5.95 Å². The highest BCUT2D eigenvalue weighted by Gasteiger charge is 2.33. The summed E-state index contributed by atoms with van der Waals surface area (Å²) in [6.45, 7) is 6.75. The summed E-state index contributed by atoms with van der Waals surface area (Å²) in [6, 6.07) is 3.67. The van der Waals surface area contributed by atoms with Crippen LogP contribution >= 0.6 is 11.6 Å². The van der Waals surface area contributed by atoms with Gasteiger partial charge in [-0.25, -0.2) is 14.4 Å². The molecule has 2 aromatic heterocycles. The average molecular weight is 556 g/mol. The van der Waals surface area contributed by atoms with Gasteiger partial charge in [0.1, 0.15) is 11.9 Å². The fraction of sp³-hybridized carbons (Fsp3) is 0.429. The second-order valence-corrected chi connectivity index (χ2v) is 10.8. The van der Waals surface area contributed by atoms with Crippen LogP contribution in [0.4, 0.5) is 10.3 Å². The van der Waals surface area contributed by atoms with Gasteiger partial charge in [-0.3, -0.25) is 9.59 Å². The summed E-state index contributed by atoms with van der Waals surface area (Å²) >= 11 is 6.79. The first-order valence-electron chi connectivity index (χ1n) is 12.9. The highest BCUT2D eigenvalue weighted by atomic mass is 35.5. The number of pyridine rings is 1. The van der Waals surface area contributed by atoms with Crippen LogP contribution in [0.15, 0.2) is 29.3 Å². The van der Waals surface area contributed by atoms with Crippen LogP contribution in [0.2, 0.25) is 5.02 Å². The maximum Gasteiger partial charge on any atom is 0.256 e. The van der Waals surface area contributed by atoms with E-state index in [4.69, 9.17) is 16.3 Å². The molecular weight excluding hydrogens is 525 g/mol. The number of H-pyrrole nitrogens is 1. The molecule has 206 valence electrons. The molecule has 0 spiro atoms. The minimum absolute atomic E-state index is 0.0574. The molecular formula is C28H31ClFN5O4. The van der Waals surface area contributed by atoms with Gasteiger partial charge in [-0.15, -0.1) is 0 Å². The lowest BCUT2D eigenvalue weighted by atomic mass is 9.90. The molecule has 0 aliphatic carbocycles. The number of benzene rings is 1. The monoisotopic (exact) mass is 555 g/mol. The smallest absolute Gasteiger partial charge is 0.256 e. The van der Waals surface area contributed by atoms with Crippen LogP contribution in [0.5, 0.6) is 5.75 Å². The van der Waals surface area contributed by atoms with E-state index in [0.29, 0.717) is 41.4 Å². The van der Waals surface area contributed by atoms with E-state index in [2.05, 4.69) is 15.0 Å². The number of fused-ring (bicyclic) bond motifs is 1. The molecule has 0 bridgehead atoms. The van der Waals surface area contributed by atoms with Crippen LogP contribution in [-0.4, -0.2) is 69.9 Å². The number of aliphatic hydroxyl groups is 1. The number of alkyl halides is 1. The summed E-state index contributed by atoms with van der Waals surface area (Å²) in [5, 5.41) is 9.64. The molecule has 9 nitrogen and oxygen atoms in total. The number of halogens is 2. The Morgan fingerprint density at radius 2 is 1.95 bits per heavy atom. The molecule has 1 saturated heterocycles. The SMILES string of the molecule is Cc1cc(C)c(CN2CCc3c(-c4cnc(N5CC(F)C5)nc4)cc(OC[C@@H](C)CO)c(Cl)c3C2=O)c(=O)[nH]1. The van der Waals surface area contributed by atoms with Gasteiger partial charge < -0.3 is 24.6 Å². The number of ether oxygens (including phenoxy) is 1. The molecule has 39 heavy (non-hydrogen) atoms. The number of carbonyl (C=O) groups is 1. The van der Waals surface area contributed by atoms with E-state index < -0.39 is 6.17 Å². The van der Waals surface area contributed by atoms with Gasteiger partial charge in [-0.1, -0.05) is 18.5 Å². The van der Waals surface area contributed by atoms with E-state index in [1.165, 1.54) is 0 Å². The van der Waals surface area contributed by atoms with Crippen molar-refractivity contribution in [2.75, 3.05) is 37.7 Å². The Morgan fingerprint density at radius 3 is 2.59 bits per heavy atom. The number of nitrogens with one attached hydrogen (secondary N) is 1. The minimum atomic E-state index is -0.870. The number of carbonyl (C=O) groups excluding carboxylic acids is 1. The van der Waals surface area contributed by atoms with Crippen molar-refractivity contribution in [1.82, 2.24) is 19.9 Å². The molecule has 1 atom stereocenters. The Morgan fingerprint density at radius 1 is 1.23 bits per heavy atom. The predicted octanol–water partition coefficient (Wildman–Crippen LogP) is 3.47. The number of anilines is 1. The minimum Gasteiger partial charge on any atom is -0.492 e. The van der Waals surface area contributed by atoms with Gasteiger partial charge in [-0.05, 0) is 49.1 Å². The number of nitrogens with zero attached hydrogens (tertiary/aromatic N) is 4. The Labute approximate surface area is 230 Å². The van der Waals surface area contributed by atoms with Crippen LogP contribution < -0.4 is 15.2 Å². The van der Waals surface area contributed by atoms with Crippen molar-refractivity contribution in [2.45, 2.75) is 39.9 Å². The molecule has 1 fully saturated rings. The Balaban J connectivity index is 1.52. The van der Waals surface area contributed by atoms with E-state index in [9.17, 15) is 19.1 Å². The zero-order chi connectivity index (χ0) is 27.8. The third-order valence-corrected chi connectivity index (χ3v) is 7.59. The van der Waals surface area contributed by atoms with Crippen LogP contribution in [0.3, 0.4) is 0 Å². The molecule has 5 rings (SSSR count). The van der Waals surface area contributed by atoms with Crippen molar-refractivity contribution in [3.05, 3.63) is 67.9 Å². The first-order valence-corrected chi connectivity index (χ1v) is 13.3. The van der Waals surface area contributed by atoms with E-state index in [1.54, 1.807) is 28.3 Å². The maximum absolute atomic E-state index is 13.8. The van der Waals surface area contributed by atoms with E-state index >= 15 is 0 Å². The van der Waals surface area contributed by atoms with Gasteiger partial charge in [0, 0.05) is 48.3 Å². The normalized spacial score (nSPS) is 16.2. The molecule has 2 N–H and O–H groups in total. The number of aromatic amines is 1. The number of amides is 1. The summed E-state index contributed by atoms with van der Waals surface area (Å²) in [5.74, 6) is 0.333. The third-order valence-electron chi connectivity index (χ3n) is 7.22. The van der Waals surface area contributed by atoms with Crippen molar-refractivity contribution >= 4 is 23.5 Å². The number of aliphatic hydroxyl groups excluding tert-OH is 1. The molecule has 0 saturated carbocycles. The number of aromatic nitrogens is 3. The molecule has 0 radical (unpaired) electrons. The predicted molar refractivity (Wildman–Crippen MR) is 146 cm³/mol. The topological polar surface area (TPSA) is 112 Å². The van der Waals surface area contributed by atoms with E-state index in [1.807, 2.05) is 26.8 Å². The van der Waals surface area contributed by atoms with Crippen molar-refractivity contribution in [3.63, 3.8) is 0 Å². The van der Waals surface area contributed by atoms with Crippen molar-refractivity contribution in [1.29, 1.82) is 0 Å². The standard InChI is InChI=1S/C28H31ClFN5O4/c1-15(13-36)14-39-23-7-21(18-8-31-28(32-9-18)35-10-19(30)11-35)20-4-5-34(27(38)24(20)25(23)29)12-22-16(2)6-17(3)33-26(22)37/h6-9,15,19,36H,4-5,10-14H2,1-3H3,(H,33,37)/t15-/m0/s1. The maximum atomic E-state index is 13.8. The molecule has 11 heteroatoms. The number of rotatable bonds is 8. The van der Waals surface area contributed by atoms with Gasteiger partial charge in [0.15, 0.2) is 0 Å². The Kier molecular flexibility index (Phi) is 7.59. The van der Waals surface area contributed by atoms with Gasteiger partial charge in [-0.2, -0.15) is 0 Å². The highest BCUT2D eigenvalue weighted by molar-refractivity contribution is 6.35. The Bertz CT molecular complexity index is 1460. The van der Waals surface area contributed by atoms with Crippen LogP contribution in [0.25, 0.3) is 11.1 Å². The molecule has 2 aliphatic heterocycles. The summed E-state index contributed by atoms with van der Waals surface area (Å²) in [6.07, 6.45) is 2.95. The third kappa shape index (κ3) is 5.35. The highest BCUT2D eigenvalue weighted by Crippen LogP contribution is 2.41. The summed E-state index contributed by atoms with van der Waals surface area (Å²) in [5.41, 5.74) is 4.36. The summed E-state index contributed by atoms with van der Waals surface area (Å²) in [4.78, 5) is 41.5. The lowest BCUT2D eigenvalue weighted by Crippen LogP contribution is -2.49. The van der Waals surface area contributed by atoms with Crippen molar-refractivity contribution < 1.29 is 19.0 Å². The molecule has 3 aromatic rings. The van der Waals surface area contributed by atoms with Gasteiger partial charge in [0.05, 0.1) is 36.8 Å². The Hall–Kier alpha value is -3.50. The molecule has 2 aliphatic rings. The summed E-state index contributed by atoms with van der Waals surface area (Å²) < 4.78 is 19.3. The molecule has 1 aromatic carbocycles. The number of hydrogen-bond acceptors (Lipinski definition) is 7. The van der Waals surface area contributed by atoms with Crippen molar-refractivity contribution in [3.8, 4) is 16.9 Å². The fourth-order valence-corrected chi connectivity index (χ4v) is 5.24. The average Bonchev–Trinajstić information content (AvgIpc) is 2.89. The molecule has 1 amide bonds. The van der Waals surface area contributed by atoms with Crippen LogP contribution in [-0.2, 0) is 13.0 Å². The van der Waals surface area contributed by atoms with Crippen molar-refractivity contribution in [2.24, 2.45) is 5.92 Å². The van der Waals surface area contributed by atoms with Gasteiger partial charge in [0.25, 0.3) is 11.5 Å². The lowest BCUT2D eigenvalue weighted by Gasteiger charge is -2.34. The second kappa shape index (κ2) is 10.9. The van der Waals surface area contributed by atoms with Crippen LogP contribution in [0, 0.1) is 19.8 Å². The summed E-state index contributed by atoms with van der Waals surface area (Å²) in [7, 11) is 0. The fourth-order valence-electron chi connectivity index (χ4n) is 4.94. The largest absolute Gasteiger partial charge is 0.492 e. The lowest BCUT2D eigenvalue weighted by molar-refractivity contribution is 0.0725. The zero-order valence-corrected chi connectivity index (χ0v) is 22.9. The quantitative estimate of drug-likeness (QED) is 0.438. The molecule has 0 unspecified atom stereocenters. The molecule has 4 heterocycles. The van der Waals surface area contributed by atoms with E-state index in [0.717, 1.165) is 22.4 Å². The first-order chi connectivity index (χ1) is 18.7. The van der Waals surface area contributed by atoms with E-state index in [-0.39, 0.29) is 55.3 Å².